The van der Waals surface area contributed by atoms with E-state index in [1.807, 2.05) is 31.2 Å². The Kier molecular flexibility index (Phi) is 5.05. The number of nitrogens with zero attached hydrogens (tertiary/aromatic N) is 1. The van der Waals surface area contributed by atoms with Gasteiger partial charge < -0.3 is 20.5 Å². The highest BCUT2D eigenvalue weighted by atomic mass is 16.5. The molecule has 1 unspecified atom stereocenters. The van der Waals surface area contributed by atoms with Gasteiger partial charge in [0.25, 0.3) is 5.91 Å². The molecular formula is C17H22N2O4. The SMILES string of the molecule is COc1ccccc1/C(C)=C/C(=O)N1CCCC(O)(C(N)=O)C1. The number of allylic oxidation sites excluding steroid dienone is 1. The van der Waals surface area contributed by atoms with Gasteiger partial charge >= 0.3 is 0 Å². The number of rotatable bonds is 4. The number of para-hydroxylation sites is 1. The standard InChI is InChI=1S/C17H22N2O4/c1-12(13-6-3-4-7-14(13)23-2)10-15(20)19-9-5-8-17(22,11-19)16(18)21/h3-4,6-7,10,22H,5,8-9,11H2,1-2H3,(H2,18,21)/b12-10+. The van der Waals surface area contributed by atoms with E-state index >= 15 is 0 Å². The fourth-order valence-corrected chi connectivity index (χ4v) is 2.75. The maximum absolute atomic E-state index is 12.4. The van der Waals surface area contributed by atoms with E-state index in [9.17, 15) is 14.7 Å². The van der Waals surface area contributed by atoms with Crippen LogP contribution in [0.4, 0.5) is 0 Å². The van der Waals surface area contributed by atoms with Crippen molar-refractivity contribution < 1.29 is 19.4 Å². The molecule has 1 atom stereocenters. The van der Waals surface area contributed by atoms with Gasteiger partial charge in [0, 0.05) is 18.2 Å². The summed E-state index contributed by atoms with van der Waals surface area (Å²) in [5.41, 5.74) is 5.17. The highest BCUT2D eigenvalue weighted by molar-refractivity contribution is 5.96. The zero-order valence-electron chi connectivity index (χ0n) is 13.4. The average molecular weight is 318 g/mol. The number of β-amino-alcohol motifs (C(OH)–C–C–N with tert-alkyl or cyclic N) is 1. The lowest BCUT2D eigenvalue weighted by Gasteiger charge is -2.36. The minimum atomic E-state index is -1.64. The summed E-state index contributed by atoms with van der Waals surface area (Å²) in [6.45, 7) is 2.24. The van der Waals surface area contributed by atoms with Crippen molar-refractivity contribution in [1.82, 2.24) is 4.90 Å². The number of methoxy groups -OCH3 is 1. The molecule has 124 valence electrons. The highest BCUT2D eigenvalue weighted by Crippen LogP contribution is 2.26. The molecule has 1 saturated heterocycles. The summed E-state index contributed by atoms with van der Waals surface area (Å²) in [5, 5.41) is 10.2. The number of piperidine rings is 1. The minimum absolute atomic E-state index is 0.0725. The third kappa shape index (κ3) is 3.71. The van der Waals surface area contributed by atoms with Crippen molar-refractivity contribution in [3.63, 3.8) is 0 Å². The Hall–Kier alpha value is -2.34. The molecule has 1 aliphatic heterocycles. The number of aliphatic hydroxyl groups is 1. The molecule has 2 rings (SSSR count). The van der Waals surface area contributed by atoms with Gasteiger partial charge in [0.1, 0.15) is 5.75 Å². The van der Waals surface area contributed by atoms with Crippen LogP contribution >= 0.6 is 0 Å². The molecule has 1 aliphatic rings. The van der Waals surface area contributed by atoms with Crippen molar-refractivity contribution in [3.8, 4) is 5.75 Å². The molecule has 23 heavy (non-hydrogen) atoms. The average Bonchev–Trinajstić information content (AvgIpc) is 2.54. The van der Waals surface area contributed by atoms with Crippen LogP contribution in [-0.4, -0.2) is 47.6 Å². The number of primary amides is 1. The third-order valence-corrected chi connectivity index (χ3v) is 4.11. The Bertz CT molecular complexity index is 641. The first-order valence-corrected chi connectivity index (χ1v) is 7.50. The number of amides is 2. The van der Waals surface area contributed by atoms with E-state index in [0.29, 0.717) is 18.7 Å². The molecule has 0 radical (unpaired) electrons. The summed E-state index contributed by atoms with van der Waals surface area (Å²) in [4.78, 5) is 25.3. The molecule has 0 aliphatic carbocycles. The van der Waals surface area contributed by atoms with Gasteiger partial charge in [-0.05, 0) is 31.4 Å². The van der Waals surface area contributed by atoms with Gasteiger partial charge in [-0.3, -0.25) is 9.59 Å². The third-order valence-electron chi connectivity index (χ3n) is 4.11. The van der Waals surface area contributed by atoms with Crippen LogP contribution in [0.1, 0.15) is 25.3 Å². The van der Waals surface area contributed by atoms with Gasteiger partial charge in [0.2, 0.25) is 5.91 Å². The second-order valence-electron chi connectivity index (χ2n) is 5.79. The monoisotopic (exact) mass is 318 g/mol. The molecule has 6 heteroatoms. The van der Waals surface area contributed by atoms with E-state index in [0.717, 1.165) is 11.1 Å². The molecule has 1 aromatic rings. The fourth-order valence-electron chi connectivity index (χ4n) is 2.75. The molecule has 0 bridgehead atoms. The number of carbonyl (C=O) groups excluding carboxylic acids is 2. The largest absolute Gasteiger partial charge is 0.496 e. The van der Waals surface area contributed by atoms with E-state index < -0.39 is 11.5 Å². The van der Waals surface area contributed by atoms with E-state index in [-0.39, 0.29) is 18.9 Å². The quantitative estimate of drug-likeness (QED) is 0.808. The number of hydrogen-bond acceptors (Lipinski definition) is 4. The number of benzene rings is 1. The molecular weight excluding hydrogens is 296 g/mol. The van der Waals surface area contributed by atoms with Crippen molar-refractivity contribution >= 4 is 17.4 Å². The molecule has 0 spiro atoms. The summed E-state index contributed by atoms with van der Waals surface area (Å²) < 4.78 is 5.29. The number of carbonyl (C=O) groups is 2. The first-order chi connectivity index (χ1) is 10.9. The van der Waals surface area contributed by atoms with Crippen LogP contribution in [0.15, 0.2) is 30.3 Å². The van der Waals surface area contributed by atoms with Gasteiger partial charge in [0.15, 0.2) is 5.60 Å². The molecule has 0 saturated carbocycles. The molecule has 0 aromatic heterocycles. The number of ether oxygens (including phenoxy) is 1. The lowest BCUT2D eigenvalue weighted by Crippen LogP contribution is -2.56. The van der Waals surface area contributed by atoms with Gasteiger partial charge in [-0.15, -0.1) is 0 Å². The van der Waals surface area contributed by atoms with Crippen LogP contribution < -0.4 is 10.5 Å². The summed E-state index contributed by atoms with van der Waals surface area (Å²) >= 11 is 0. The van der Waals surface area contributed by atoms with E-state index in [1.54, 1.807) is 7.11 Å². The van der Waals surface area contributed by atoms with Crippen LogP contribution in [0.25, 0.3) is 5.57 Å². The molecule has 3 N–H and O–H groups in total. The fraction of sp³-hybridized carbons (Fsp3) is 0.412. The van der Waals surface area contributed by atoms with Gasteiger partial charge in [0.05, 0.1) is 13.7 Å². The summed E-state index contributed by atoms with van der Waals surface area (Å²) in [6, 6.07) is 7.42. The van der Waals surface area contributed by atoms with Crippen LogP contribution in [0, 0.1) is 0 Å². The van der Waals surface area contributed by atoms with Gasteiger partial charge in [-0.2, -0.15) is 0 Å². The summed E-state index contributed by atoms with van der Waals surface area (Å²) in [7, 11) is 1.57. The Morgan fingerprint density at radius 1 is 1.39 bits per heavy atom. The zero-order chi connectivity index (χ0) is 17.0. The van der Waals surface area contributed by atoms with Crippen molar-refractivity contribution in [2.45, 2.75) is 25.4 Å². The molecule has 1 heterocycles. The van der Waals surface area contributed by atoms with E-state index in [4.69, 9.17) is 10.5 Å². The Morgan fingerprint density at radius 2 is 2.09 bits per heavy atom. The van der Waals surface area contributed by atoms with Gasteiger partial charge in [-0.1, -0.05) is 18.2 Å². The van der Waals surface area contributed by atoms with E-state index in [2.05, 4.69) is 0 Å². The van der Waals surface area contributed by atoms with Crippen LogP contribution in [0.3, 0.4) is 0 Å². The summed E-state index contributed by atoms with van der Waals surface area (Å²) in [5.74, 6) is -0.366. The topological polar surface area (TPSA) is 92.9 Å². The lowest BCUT2D eigenvalue weighted by atomic mass is 9.92. The normalized spacial score (nSPS) is 21.9. The number of likely N-dealkylation sites (tertiary alicyclic amines) is 1. The maximum atomic E-state index is 12.4. The first-order valence-electron chi connectivity index (χ1n) is 7.50. The molecule has 2 amide bonds. The zero-order valence-corrected chi connectivity index (χ0v) is 13.4. The number of nitrogens with two attached hydrogens (primary N) is 1. The smallest absolute Gasteiger partial charge is 0.251 e. The minimum Gasteiger partial charge on any atom is -0.496 e. The van der Waals surface area contributed by atoms with Crippen molar-refractivity contribution in [2.75, 3.05) is 20.2 Å². The van der Waals surface area contributed by atoms with E-state index in [1.165, 1.54) is 11.0 Å². The molecule has 1 fully saturated rings. The van der Waals surface area contributed by atoms with Crippen molar-refractivity contribution in [1.29, 1.82) is 0 Å². The van der Waals surface area contributed by atoms with Gasteiger partial charge in [-0.25, -0.2) is 0 Å². The van der Waals surface area contributed by atoms with Crippen LogP contribution in [0.2, 0.25) is 0 Å². The second kappa shape index (κ2) is 6.83. The number of hydrogen-bond donors (Lipinski definition) is 2. The highest BCUT2D eigenvalue weighted by Gasteiger charge is 2.39. The van der Waals surface area contributed by atoms with Crippen LogP contribution in [0.5, 0.6) is 5.75 Å². The van der Waals surface area contributed by atoms with Crippen LogP contribution in [-0.2, 0) is 9.59 Å². The Labute approximate surface area is 135 Å². The lowest BCUT2D eigenvalue weighted by molar-refractivity contribution is -0.146. The predicted molar refractivity (Wildman–Crippen MR) is 86.6 cm³/mol. The molecule has 6 nitrogen and oxygen atoms in total. The predicted octanol–water partition coefficient (Wildman–Crippen LogP) is 0.937. The molecule has 1 aromatic carbocycles. The maximum Gasteiger partial charge on any atom is 0.251 e. The Morgan fingerprint density at radius 3 is 2.74 bits per heavy atom. The van der Waals surface area contributed by atoms with Crippen molar-refractivity contribution in [3.05, 3.63) is 35.9 Å². The first kappa shape index (κ1) is 17.0. The Balaban J connectivity index is 2.18. The van der Waals surface area contributed by atoms with Crippen molar-refractivity contribution in [2.24, 2.45) is 5.73 Å². The summed E-state index contributed by atoms with van der Waals surface area (Å²) in [6.07, 6.45) is 2.30. The second-order valence-corrected chi connectivity index (χ2v) is 5.79.